The van der Waals surface area contributed by atoms with E-state index in [2.05, 4.69) is 10.6 Å². The van der Waals surface area contributed by atoms with Crippen LogP contribution in [0.2, 0.25) is 0 Å². The molecular formula is C10H20N2O. The highest BCUT2D eigenvalue weighted by molar-refractivity contribution is 4.79. The van der Waals surface area contributed by atoms with Gasteiger partial charge in [0, 0.05) is 38.9 Å². The lowest BCUT2D eigenvalue weighted by atomic mass is 9.92. The minimum Gasteiger partial charge on any atom is -0.381 e. The lowest BCUT2D eigenvalue weighted by Gasteiger charge is -2.30. The van der Waals surface area contributed by atoms with Gasteiger partial charge in [-0.1, -0.05) is 0 Å². The van der Waals surface area contributed by atoms with Crippen LogP contribution in [-0.4, -0.2) is 38.9 Å². The molecule has 0 bridgehead atoms. The Morgan fingerprint density at radius 3 is 2.69 bits per heavy atom. The standard InChI is InChI=1S/C10H20N2O/c1-5-13-6-2-9(1)7-10-8-11-3-4-12-10/h9-12H,1-8H2. The Bertz CT molecular complexity index is 124. The van der Waals surface area contributed by atoms with Crippen molar-refractivity contribution in [3.63, 3.8) is 0 Å². The van der Waals surface area contributed by atoms with Gasteiger partial charge >= 0.3 is 0 Å². The van der Waals surface area contributed by atoms with Crippen molar-refractivity contribution < 1.29 is 4.74 Å². The SMILES string of the molecule is C1CNC(CC2CCOCC2)CN1. The van der Waals surface area contributed by atoms with E-state index in [4.69, 9.17) is 4.74 Å². The second kappa shape index (κ2) is 4.94. The molecule has 0 saturated carbocycles. The molecule has 0 aromatic heterocycles. The van der Waals surface area contributed by atoms with Gasteiger partial charge in [-0.05, 0) is 25.2 Å². The number of hydrogen-bond acceptors (Lipinski definition) is 3. The molecule has 0 radical (unpaired) electrons. The Balaban J connectivity index is 1.69. The van der Waals surface area contributed by atoms with E-state index in [-0.39, 0.29) is 0 Å². The van der Waals surface area contributed by atoms with Crippen molar-refractivity contribution in [2.24, 2.45) is 5.92 Å². The third-order valence-corrected chi connectivity index (χ3v) is 3.08. The smallest absolute Gasteiger partial charge is 0.0468 e. The van der Waals surface area contributed by atoms with Gasteiger partial charge in [0.05, 0.1) is 0 Å². The van der Waals surface area contributed by atoms with E-state index in [1.807, 2.05) is 0 Å². The maximum Gasteiger partial charge on any atom is 0.0468 e. The van der Waals surface area contributed by atoms with Crippen molar-refractivity contribution in [1.29, 1.82) is 0 Å². The molecule has 2 heterocycles. The fourth-order valence-electron chi connectivity index (χ4n) is 2.26. The van der Waals surface area contributed by atoms with Crippen molar-refractivity contribution in [1.82, 2.24) is 10.6 Å². The van der Waals surface area contributed by atoms with E-state index in [1.165, 1.54) is 19.3 Å². The lowest BCUT2D eigenvalue weighted by molar-refractivity contribution is 0.0600. The van der Waals surface area contributed by atoms with Gasteiger partial charge in [0.15, 0.2) is 0 Å². The number of ether oxygens (including phenoxy) is 1. The Hall–Kier alpha value is -0.120. The van der Waals surface area contributed by atoms with Crippen molar-refractivity contribution in [2.45, 2.75) is 25.3 Å². The maximum absolute atomic E-state index is 5.35. The quantitative estimate of drug-likeness (QED) is 0.650. The first-order valence-corrected chi connectivity index (χ1v) is 5.47. The van der Waals surface area contributed by atoms with Crippen LogP contribution in [0.5, 0.6) is 0 Å². The minimum absolute atomic E-state index is 0.705. The van der Waals surface area contributed by atoms with Crippen LogP contribution < -0.4 is 10.6 Å². The molecule has 2 aliphatic heterocycles. The first-order valence-electron chi connectivity index (χ1n) is 5.47. The van der Waals surface area contributed by atoms with Crippen LogP contribution in [0, 0.1) is 5.92 Å². The molecule has 2 fully saturated rings. The summed E-state index contributed by atoms with van der Waals surface area (Å²) in [5.41, 5.74) is 0. The fourth-order valence-corrected chi connectivity index (χ4v) is 2.26. The van der Waals surface area contributed by atoms with E-state index in [9.17, 15) is 0 Å². The van der Waals surface area contributed by atoms with Crippen LogP contribution in [0.3, 0.4) is 0 Å². The molecule has 2 N–H and O–H groups in total. The van der Waals surface area contributed by atoms with Gasteiger partial charge in [0.1, 0.15) is 0 Å². The molecule has 0 aliphatic carbocycles. The second-order valence-corrected chi connectivity index (χ2v) is 4.15. The molecule has 1 atom stereocenters. The largest absolute Gasteiger partial charge is 0.381 e. The molecule has 0 aromatic rings. The summed E-state index contributed by atoms with van der Waals surface area (Å²) in [6.45, 7) is 5.37. The second-order valence-electron chi connectivity index (χ2n) is 4.15. The molecular weight excluding hydrogens is 164 g/mol. The molecule has 2 rings (SSSR count). The predicted octanol–water partition coefficient (Wildman–Crippen LogP) is 0.364. The minimum atomic E-state index is 0.705. The van der Waals surface area contributed by atoms with Crippen LogP contribution in [0.15, 0.2) is 0 Å². The summed E-state index contributed by atoms with van der Waals surface area (Å²) in [5.74, 6) is 0.895. The normalized spacial score (nSPS) is 31.8. The first-order chi connectivity index (χ1) is 6.45. The zero-order valence-corrected chi connectivity index (χ0v) is 8.22. The summed E-state index contributed by atoms with van der Waals surface area (Å²) in [5, 5.41) is 6.99. The summed E-state index contributed by atoms with van der Waals surface area (Å²) < 4.78 is 5.35. The van der Waals surface area contributed by atoms with E-state index < -0.39 is 0 Å². The predicted molar refractivity (Wildman–Crippen MR) is 52.8 cm³/mol. The monoisotopic (exact) mass is 184 g/mol. The zero-order valence-electron chi connectivity index (χ0n) is 8.22. The van der Waals surface area contributed by atoms with Crippen LogP contribution in [-0.2, 0) is 4.74 Å². The van der Waals surface area contributed by atoms with Gasteiger partial charge in [0.25, 0.3) is 0 Å². The number of hydrogen-bond donors (Lipinski definition) is 2. The highest BCUT2D eigenvalue weighted by Crippen LogP contribution is 2.20. The average Bonchev–Trinajstić information content (AvgIpc) is 2.21. The number of rotatable bonds is 2. The van der Waals surface area contributed by atoms with Crippen LogP contribution in [0.25, 0.3) is 0 Å². The highest BCUT2D eigenvalue weighted by atomic mass is 16.5. The molecule has 2 saturated heterocycles. The van der Waals surface area contributed by atoms with Gasteiger partial charge in [-0.15, -0.1) is 0 Å². The summed E-state index contributed by atoms with van der Waals surface area (Å²) in [4.78, 5) is 0. The van der Waals surface area contributed by atoms with Crippen LogP contribution in [0.1, 0.15) is 19.3 Å². The molecule has 0 aromatic carbocycles. The van der Waals surface area contributed by atoms with Gasteiger partial charge in [-0.2, -0.15) is 0 Å². The molecule has 3 heteroatoms. The van der Waals surface area contributed by atoms with Gasteiger partial charge in [0.2, 0.25) is 0 Å². The van der Waals surface area contributed by atoms with Crippen LogP contribution >= 0.6 is 0 Å². The molecule has 1 unspecified atom stereocenters. The number of nitrogens with one attached hydrogen (secondary N) is 2. The maximum atomic E-state index is 5.35. The van der Waals surface area contributed by atoms with E-state index in [1.54, 1.807) is 0 Å². The molecule has 13 heavy (non-hydrogen) atoms. The molecule has 2 aliphatic rings. The lowest BCUT2D eigenvalue weighted by Crippen LogP contribution is -2.49. The Morgan fingerprint density at radius 1 is 1.15 bits per heavy atom. The topological polar surface area (TPSA) is 33.3 Å². The molecule has 0 spiro atoms. The van der Waals surface area contributed by atoms with Crippen molar-refractivity contribution in [3.05, 3.63) is 0 Å². The third kappa shape index (κ3) is 2.93. The Morgan fingerprint density at radius 2 is 2.00 bits per heavy atom. The van der Waals surface area contributed by atoms with E-state index in [0.717, 1.165) is 38.8 Å². The van der Waals surface area contributed by atoms with E-state index in [0.29, 0.717) is 6.04 Å². The molecule has 3 nitrogen and oxygen atoms in total. The summed E-state index contributed by atoms with van der Waals surface area (Å²) in [6.07, 6.45) is 3.85. The average molecular weight is 184 g/mol. The third-order valence-electron chi connectivity index (χ3n) is 3.08. The summed E-state index contributed by atoms with van der Waals surface area (Å²) in [7, 11) is 0. The van der Waals surface area contributed by atoms with Gasteiger partial charge in [-0.25, -0.2) is 0 Å². The molecule has 0 amide bonds. The van der Waals surface area contributed by atoms with Crippen molar-refractivity contribution >= 4 is 0 Å². The Kier molecular flexibility index (Phi) is 3.58. The Labute approximate surface area is 80.2 Å². The van der Waals surface area contributed by atoms with Gasteiger partial charge in [-0.3, -0.25) is 0 Å². The van der Waals surface area contributed by atoms with Crippen molar-refractivity contribution in [3.8, 4) is 0 Å². The van der Waals surface area contributed by atoms with Crippen molar-refractivity contribution in [2.75, 3.05) is 32.8 Å². The zero-order chi connectivity index (χ0) is 8.93. The van der Waals surface area contributed by atoms with Crippen LogP contribution in [0.4, 0.5) is 0 Å². The highest BCUT2D eigenvalue weighted by Gasteiger charge is 2.20. The first kappa shape index (κ1) is 9.44. The van der Waals surface area contributed by atoms with E-state index >= 15 is 0 Å². The molecule has 76 valence electrons. The fraction of sp³-hybridized carbons (Fsp3) is 1.00. The summed E-state index contributed by atoms with van der Waals surface area (Å²) >= 11 is 0. The van der Waals surface area contributed by atoms with Gasteiger partial charge < -0.3 is 15.4 Å². The number of piperazine rings is 1. The summed E-state index contributed by atoms with van der Waals surface area (Å²) in [6, 6.07) is 0.705.